The molecule has 0 radical (unpaired) electrons. The zero-order valence-corrected chi connectivity index (χ0v) is 19.4. The van der Waals surface area contributed by atoms with E-state index in [1.165, 1.54) is 0 Å². The minimum Gasteiger partial charge on any atom is -0.389 e. The van der Waals surface area contributed by atoms with Crippen molar-refractivity contribution >= 4 is 28.4 Å². The molecule has 8 nitrogen and oxygen atoms in total. The lowest BCUT2D eigenvalue weighted by Crippen LogP contribution is -2.25. The van der Waals surface area contributed by atoms with Crippen molar-refractivity contribution in [1.82, 2.24) is 24.7 Å². The lowest BCUT2D eigenvalue weighted by molar-refractivity contribution is 0.0711. The summed E-state index contributed by atoms with van der Waals surface area (Å²) in [6.07, 6.45) is 1.28. The number of aryl methyl sites for hydroxylation is 1. The third kappa shape index (κ3) is 3.68. The van der Waals surface area contributed by atoms with Gasteiger partial charge in [0.05, 0.1) is 28.2 Å². The molecule has 10 heteroatoms. The molecule has 1 aliphatic carbocycles. The van der Waals surface area contributed by atoms with Gasteiger partial charge in [0.1, 0.15) is 18.0 Å². The Bertz CT molecular complexity index is 1420. The van der Waals surface area contributed by atoms with Gasteiger partial charge in [-0.1, -0.05) is 0 Å². The fourth-order valence-electron chi connectivity index (χ4n) is 4.93. The highest BCUT2D eigenvalue weighted by atomic mass is 19.3. The molecule has 1 aromatic carbocycles. The van der Waals surface area contributed by atoms with Crippen LogP contribution in [-0.2, 0) is 0 Å². The summed E-state index contributed by atoms with van der Waals surface area (Å²) in [6.45, 7) is 4.29. The Labute approximate surface area is 200 Å². The van der Waals surface area contributed by atoms with Gasteiger partial charge in [-0.25, -0.2) is 18.7 Å². The van der Waals surface area contributed by atoms with Crippen molar-refractivity contribution in [2.75, 3.05) is 23.3 Å². The number of hydrogen-bond donors (Lipinski definition) is 2. The number of imidazole rings is 1. The molecule has 35 heavy (non-hydrogen) atoms. The van der Waals surface area contributed by atoms with Crippen molar-refractivity contribution in [3.63, 3.8) is 0 Å². The van der Waals surface area contributed by atoms with Crippen molar-refractivity contribution in [1.29, 1.82) is 0 Å². The minimum atomic E-state index is -2.61. The van der Waals surface area contributed by atoms with E-state index in [4.69, 9.17) is 4.98 Å². The predicted octanol–water partition coefficient (Wildman–Crippen LogP) is 4.55. The summed E-state index contributed by atoms with van der Waals surface area (Å²) in [4.78, 5) is 11.2. The number of anilines is 3. The monoisotopic (exact) mass is 477 g/mol. The Kier molecular flexibility index (Phi) is 4.79. The second kappa shape index (κ2) is 7.67. The van der Waals surface area contributed by atoms with Crippen LogP contribution in [0.4, 0.5) is 26.1 Å². The van der Waals surface area contributed by atoms with Crippen molar-refractivity contribution in [3.8, 4) is 5.82 Å². The van der Waals surface area contributed by atoms with Crippen LogP contribution in [0.15, 0.2) is 48.8 Å². The fraction of sp³-hybridized carbons (Fsp3) is 0.360. The molecule has 1 saturated carbocycles. The molecule has 0 amide bonds. The van der Waals surface area contributed by atoms with Crippen LogP contribution in [0.2, 0.25) is 0 Å². The van der Waals surface area contributed by atoms with Crippen molar-refractivity contribution < 1.29 is 13.9 Å². The van der Waals surface area contributed by atoms with Gasteiger partial charge in [0.2, 0.25) is 0 Å². The molecule has 2 aliphatic rings. The lowest BCUT2D eigenvalue weighted by Gasteiger charge is -2.23. The summed E-state index contributed by atoms with van der Waals surface area (Å²) in [5.74, 6) is -0.810. The molecule has 6 rings (SSSR count). The number of benzene rings is 1. The van der Waals surface area contributed by atoms with E-state index in [0.29, 0.717) is 36.0 Å². The number of aliphatic hydroxyl groups is 1. The van der Waals surface area contributed by atoms with Crippen LogP contribution in [0.3, 0.4) is 0 Å². The van der Waals surface area contributed by atoms with Gasteiger partial charge in [0, 0.05) is 30.8 Å². The molecule has 1 spiro atoms. The van der Waals surface area contributed by atoms with Gasteiger partial charge in [-0.05, 0) is 62.7 Å². The number of aliphatic hydroxyl groups excluding tert-OH is 1. The Morgan fingerprint density at radius 2 is 1.94 bits per heavy atom. The fourth-order valence-corrected chi connectivity index (χ4v) is 4.93. The molecule has 2 fully saturated rings. The number of nitrogens with zero attached hydrogens (tertiary/aromatic N) is 6. The van der Waals surface area contributed by atoms with Gasteiger partial charge in [0.15, 0.2) is 5.82 Å². The first kappa shape index (κ1) is 21.8. The maximum absolute atomic E-state index is 14.0. The Morgan fingerprint density at radius 1 is 1.11 bits per heavy atom. The van der Waals surface area contributed by atoms with Gasteiger partial charge in [0.25, 0.3) is 5.92 Å². The van der Waals surface area contributed by atoms with Crippen LogP contribution >= 0.6 is 0 Å². The molecule has 180 valence electrons. The molecule has 0 bridgehead atoms. The first-order valence-corrected chi connectivity index (χ1v) is 11.6. The highest BCUT2D eigenvalue weighted by Crippen LogP contribution is 2.65. The standard InChI is InChI=1S/C25H25F2N7O/c1-15-3-7-21(32-31-15)29-17-4-6-20-19(11-17)28-14-34(20)22-8-5-18(16(2)35)23(30-22)33-10-9-24(13-33)12-25(24,26)27/h3-8,11,14,16,35H,9-10,12-13H2,1-2H3,(H,29,32). The van der Waals surface area contributed by atoms with E-state index in [0.717, 1.165) is 22.4 Å². The Hall–Kier alpha value is -3.66. The van der Waals surface area contributed by atoms with E-state index in [2.05, 4.69) is 20.5 Å². The summed E-state index contributed by atoms with van der Waals surface area (Å²) >= 11 is 0. The predicted molar refractivity (Wildman–Crippen MR) is 128 cm³/mol. The van der Waals surface area contributed by atoms with Gasteiger partial charge in [-0.2, -0.15) is 5.10 Å². The van der Waals surface area contributed by atoms with Crippen molar-refractivity contribution in [3.05, 3.63) is 60.0 Å². The molecule has 1 aliphatic heterocycles. The number of hydrogen-bond acceptors (Lipinski definition) is 7. The molecular formula is C25H25F2N7O. The number of pyridine rings is 1. The lowest BCUT2D eigenvalue weighted by atomic mass is 10.1. The number of fused-ring (bicyclic) bond motifs is 1. The third-order valence-corrected chi connectivity index (χ3v) is 7.07. The van der Waals surface area contributed by atoms with E-state index in [1.54, 1.807) is 13.3 Å². The van der Waals surface area contributed by atoms with Crippen LogP contribution < -0.4 is 10.2 Å². The maximum atomic E-state index is 14.0. The van der Waals surface area contributed by atoms with E-state index in [9.17, 15) is 13.9 Å². The zero-order valence-electron chi connectivity index (χ0n) is 19.4. The zero-order chi connectivity index (χ0) is 24.4. The smallest absolute Gasteiger partial charge is 0.256 e. The highest BCUT2D eigenvalue weighted by molar-refractivity contribution is 5.82. The summed E-state index contributed by atoms with van der Waals surface area (Å²) in [6, 6.07) is 13.2. The number of nitrogens with one attached hydrogen (secondary N) is 1. The van der Waals surface area contributed by atoms with Crippen molar-refractivity contribution in [2.45, 2.75) is 38.7 Å². The molecule has 4 aromatic rings. The average molecular weight is 478 g/mol. The second-order valence-corrected chi connectivity index (χ2v) is 9.59. The third-order valence-electron chi connectivity index (χ3n) is 7.07. The van der Waals surface area contributed by atoms with Crippen LogP contribution in [0.25, 0.3) is 16.9 Å². The van der Waals surface area contributed by atoms with E-state index >= 15 is 0 Å². The van der Waals surface area contributed by atoms with Gasteiger partial charge in [-0.3, -0.25) is 4.57 Å². The average Bonchev–Trinajstić information content (AvgIpc) is 3.18. The second-order valence-electron chi connectivity index (χ2n) is 9.59. The molecule has 1 saturated heterocycles. The van der Waals surface area contributed by atoms with Crippen LogP contribution in [0.1, 0.15) is 37.1 Å². The summed E-state index contributed by atoms with van der Waals surface area (Å²) in [5.41, 5.74) is 2.95. The molecule has 4 heterocycles. The minimum absolute atomic E-state index is 0.0725. The Morgan fingerprint density at radius 3 is 2.63 bits per heavy atom. The summed E-state index contributed by atoms with van der Waals surface area (Å²) < 4.78 is 29.8. The van der Waals surface area contributed by atoms with Crippen LogP contribution in [-0.4, -0.2) is 48.9 Å². The van der Waals surface area contributed by atoms with Crippen LogP contribution in [0.5, 0.6) is 0 Å². The Balaban J connectivity index is 1.32. The van der Waals surface area contributed by atoms with Crippen molar-refractivity contribution in [2.24, 2.45) is 5.41 Å². The van der Waals surface area contributed by atoms with E-state index in [-0.39, 0.29) is 13.0 Å². The normalized spacial score (nSPS) is 21.6. The molecule has 2 atom stereocenters. The number of rotatable bonds is 5. The quantitative estimate of drug-likeness (QED) is 0.436. The largest absolute Gasteiger partial charge is 0.389 e. The maximum Gasteiger partial charge on any atom is 0.256 e. The summed E-state index contributed by atoms with van der Waals surface area (Å²) in [7, 11) is 0. The van der Waals surface area contributed by atoms with E-state index in [1.807, 2.05) is 58.9 Å². The highest BCUT2D eigenvalue weighted by Gasteiger charge is 2.72. The number of halogens is 2. The first-order chi connectivity index (χ1) is 16.7. The topological polar surface area (TPSA) is 92.0 Å². The summed E-state index contributed by atoms with van der Waals surface area (Å²) in [5, 5.41) is 21.7. The van der Waals surface area contributed by atoms with Crippen LogP contribution in [0, 0.1) is 12.3 Å². The molecule has 2 N–H and O–H groups in total. The first-order valence-electron chi connectivity index (χ1n) is 11.6. The van der Waals surface area contributed by atoms with Gasteiger partial charge >= 0.3 is 0 Å². The van der Waals surface area contributed by atoms with Gasteiger partial charge in [-0.15, -0.1) is 5.10 Å². The number of alkyl halides is 2. The molecule has 3 aromatic heterocycles. The molecule has 2 unspecified atom stereocenters. The van der Waals surface area contributed by atoms with Gasteiger partial charge < -0.3 is 15.3 Å². The molecular weight excluding hydrogens is 452 g/mol. The van der Waals surface area contributed by atoms with E-state index < -0.39 is 17.4 Å². The SMILES string of the molecule is Cc1ccc(Nc2ccc3c(c2)ncn3-c2ccc(C(C)O)c(N3CCC4(C3)CC4(F)F)n2)nn1. The number of aromatic nitrogens is 5.